The second kappa shape index (κ2) is 6.23. The third-order valence-electron chi connectivity index (χ3n) is 3.64. The van der Waals surface area contributed by atoms with E-state index in [0.717, 1.165) is 12.8 Å². The Bertz CT molecular complexity index is 399. The van der Waals surface area contributed by atoms with Crippen molar-refractivity contribution in [3.8, 4) is 0 Å². The molecule has 2 rings (SSSR count). The van der Waals surface area contributed by atoms with Gasteiger partial charge >= 0.3 is 0 Å². The summed E-state index contributed by atoms with van der Waals surface area (Å²) in [5, 5.41) is 0. The Hall–Kier alpha value is -1.03. The molecule has 1 aliphatic rings. The maximum absolute atomic E-state index is 12.5. The monoisotopic (exact) mass is 269 g/mol. The first-order chi connectivity index (χ1) is 8.74. The number of hydrogen-bond donors (Lipinski definition) is 0. The largest absolute Gasteiger partial charge is 0.333 e. The number of imidazole rings is 1. The number of rotatable bonds is 4. The van der Waals surface area contributed by atoms with Gasteiger partial charge < -0.3 is 9.47 Å². The van der Waals surface area contributed by atoms with Gasteiger partial charge in [-0.05, 0) is 12.8 Å². The van der Waals surface area contributed by atoms with E-state index in [1.807, 2.05) is 11.9 Å². The summed E-state index contributed by atoms with van der Waals surface area (Å²) in [5.41, 5.74) is 0.644. The predicted octanol–water partition coefficient (Wildman–Crippen LogP) is 2.43. The van der Waals surface area contributed by atoms with E-state index in [9.17, 15) is 4.79 Å². The summed E-state index contributed by atoms with van der Waals surface area (Å²) in [5.74, 6) is 0.544. The molecule has 1 fully saturated rings. The minimum absolute atomic E-state index is 0.0579. The quantitative estimate of drug-likeness (QED) is 0.788. The molecule has 1 aliphatic carbocycles. The molecular formula is C13H20ClN3O. The van der Waals surface area contributed by atoms with Crippen molar-refractivity contribution in [3.05, 3.63) is 18.2 Å². The van der Waals surface area contributed by atoms with Crippen molar-refractivity contribution in [2.24, 2.45) is 7.05 Å². The summed E-state index contributed by atoms with van der Waals surface area (Å²) in [6.07, 6.45) is 9.19. The van der Waals surface area contributed by atoms with Crippen LogP contribution in [-0.4, -0.2) is 38.8 Å². The Morgan fingerprint density at radius 2 is 2.22 bits per heavy atom. The topological polar surface area (TPSA) is 38.1 Å². The summed E-state index contributed by atoms with van der Waals surface area (Å²) >= 11 is 5.84. The van der Waals surface area contributed by atoms with Crippen LogP contribution in [-0.2, 0) is 7.05 Å². The molecule has 4 nitrogen and oxygen atoms in total. The number of halogens is 1. The van der Waals surface area contributed by atoms with Crippen molar-refractivity contribution in [1.82, 2.24) is 14.5 Å². The van der Waals surface area contributed by atoms with Crippen LogP contribution >= 0.6 is 11.6 Å². The van der Waals surface area contributed by atoms with E-state index in [4.69, 9.17) is 11.6 Å². The standard InChI is InChI=1S/C13H20ClN3O/c1-16-10-15-9-12(16)13(18)17(8-7-14)11-5-3-2-4-6-11/h9-11H,2-8H2,1H3. The first kappa shape index (κ1) is 13.4. The summed E-state index contributed by atoms with van der Waals surface area (Å²) in [4.78, 5) is 18.5. The van der Waals surface area contributed by atoms with Gasteiger partial charge in [-0.25, -0.2) is 4.98 Å². The Balaban J connectivity index is 2.13. The van der Waals surface area contributed by atoms with Gasteiger partial charge in [-0.2, -0.15) is 0 Å². The second-order valence-electron chi connectivity index (χ2n) is 4.87. The van der Waals surface area contributed by atoms with Crippen LogP contribution in [0.5, 0.6) is 0 Å². The minimum atomic E-state index is 0.0579. The van der Waals surface area contributed by atoms with Gasteiger partial charge in [0.2, 0.25) is 0 Å². The number of aromatic nitrogens is 2. The van der Waals surface area contributed by atoms with E-state index >= 15 is 0 Å². The highest BCUT2D eigenvalue weighted by Gasteiger charge is 2.27. The Morgan fingerprint density at radius 3 is 2.78 bits per heavy atom. The predicted molar refractivity (Wildman–Crippen MR) is 71.8 cm³/mol. The van der Waals surface area contributed by atoms with Crippen LogP contribution in [0.2, 0.25) is 0 Å². The highest BCUT2D eigenvalue weighted by molar-refractivity contribution is 6.18. The van der Waals surface area contributed by atoms with Gasteiger partial charge in [0.25, 0.3) is 5.91 Å². The lowest BCUT2D eigenvalue weighted by molar-refractivity contribution is 0.0640. The molecule has 1 saturated carbocycles. The average molecular weight is 270 g/mol. The molecule has 1 aromatic heterocycles. The average Bonchev–Trinajstić information content (AvgIpc) is 2.82. The first-order valence-electron chi connectivity index (χ1n) is 6.57. The zero-order chi connectivity index (χ0) is 13.0. The lowest BCUT2D eigenvalue weighted by atomic mass is 9.94. The molecule has 5 heteroatoms. The number of carbonyl (C=O) groups is 1. The summed E-state index contributed by atoms with van der Waals surface area (Å²) in [7, 11) is 1.85. The Labute approximate surface area is 113 Å². The van der Waals surface area contributed by atoms with E-state index in [0.29, 0.717) is 24.2 Å². The van der Waals surface area contributed by atoms with Crippen LogP contribution in [0.4, 0.5) is 0 Å². The number of aryl methyl sites for hydroxylation is 1. The van der Waals surface area contributed by atoms with Crippen LogP contribution in [0.15, 0.2) is 12.5 Å². The second-order valence-corrected chi connectivity index (χ2v) is 5.25. The van der Waals surface area contributed by atoms with Crippen molar-refractivity contribution < 1.29 is 4.79 Å². The number of hydrogen-bond acceptors (Lipinski definition) is 2. The molecular weight excluding hydrogens is 250 g/mol. The van der Waals surface area contributed by atoms with Crippen LogP contribution in [0.3, 0.4) is 0 Å². The molecule has 100 valence electrons. The van der Waals surface area contributed by atoms with Crippen LogP contribution in [0.1, 0.15) is 42.6 Å². The Kier molecular flexibility index (Phi) is 4.64. The normalized spacial score (nSPS) is 16.8. The van der Waals surface area contributed by atoms with Gasteiger partial charge in [0.1, 0.15) is 5.69 Å². The lowest BCUT2D eigenvalue weighted by Crippen LogP contribution is -2.43. The van der Waals surface area contributed by atoms with Gasteiger partial charge in [-0.1, -0.05) is 19.3 Å². The van der Waals surface area contributed by atoms with Gasteiger partial charge in [-0.3, -0.25) is 4.79 Å². The van der Waals surface area contributed by atoms with E-state index in [2.05, 4.69) is 4.98 Å². The molecule has 0 unspecified atom stereocenters. The third-order valence-corrected chi connectivity index (χ3v) is 3.81. The number of alkyl halides is 1. The molecule has 0 radical (unpaired) electrons. The molecule has 18 heavy (non-hydrogen) atoms. The van der Waals surface area contributed by atoms with E-state index in [-0.39, 0.29) is 5.91 Å². The first-order valence-corrected chi connectivity index (χ1v) is 7.10. The van der Waals surface area contributed by atoms with E-state index in [1.165, 1.54) is 19.3 Å². The van der Waals surface area contributed by atoms with Crippen LogP contribution in [0, 0.1) is 0 Å². The smallest absolute Gasteiger partial charge is 0.272 e. The molecule has 0 aliphatic heterocycles. The zero-order valence-electron chi connectivity index (χ0n) is 10.8. The van der Waals surface area contributed by atoms with Gasteiger partial charge in [-0.15, -0.1) is 11.6 Å². The number of nitrogens with zero attached hydrogens (tertiary/aromatic N) is 3. The molecule has 0 aromatic carbocycles. The highest BCUT2D eigenvalue weighted by atomic mass is 35.5. The SMILES string of the molecule is Cn1cncc1C(=O)N(CCCl)C1CCCCC1. The molecule has 0 atom stereocenters. The van der Waals surface area contributed by atoms with Crippen LogP contribution in [0.25, 0.3) is 0 Å². The maximum Gasteiger partial charge on any atom is 0.272 e. The van der Waals surface area contributed by atoms with E-state index in [1.54, 1.807) is 17.1 Å². The molecule has 1 amide bonds. The lowest BCUT2D eigenvalue weighted by Gasteiger charge is -2.34. The van der Waals surface area contributed by atoms with E-state index < -0.39 is 0 Å². The molecule has 0 saturated heterocycles. The molecule has 1 heterocycles. The minimum Gasteiger partial charge on any atom is -0.333 e. The van der Waals surface area contributed by atoms with Crippen molar-refractivity contribution in [2.45, 2.75) is 38.1 Å². The third kappa shape index (κ3) is 2.86. The summed E-state index contributed by atoms with van der Waals surface area (Å²) in [6.45, 7) is 0.621. The van der Waals surface area contributed by atoms with Crippen molar-refractivity contribution in [1.29, 1.82) is 0 Å². The van der Waals surface area contributed by atoms with Crippen molar-refractivity contribution in [2.75, 3.05) is 12.4 Å². The summed E-state index contributed by atoms with van der Waals surface area (Å²) < 4.78 is 1.77. The fourth-order valence-corrected chi connectivity index (χ4v) is 2.83. The number of carbonyl (C=O) groups excluding carboxylic acids is 1. The summed E-state index contributed by atoms with van der Waals surface area (Å²) in [6, 6.07) is 0.347. The van der Waals surface area contributed by atoms with Gasteiger partial charge in [0.15, 0.2) is 0 Å². The molecule has 0 N–H and O–H groups in total. The molecule has 0 bridgehead atoms. The zero-order valence-corrected chi connectivity index (χ0v) is 11.6. The number of amides is 1. The van der Waals surface area contributed by atoms with Crippen LogP contribution < -0.4 is 0 Å². The van der Waals surface area contributed by atoms with Crippen molar-refractivity contribution in [3.63, 3.8) is 0 Å². The van der Waals surface area contributed by atoms with Crippen molar-refractivity contribution >= 4 is 17.5 Å². The van der Waals surface area contributed by atoms with Gasteiger partial charge in [0, 0.05) is 25.5 Å². The highest BCUT2D eigenvalue weighted by Crippen LogP contribution is 2.23. The molecule has 1 aromatic rings. The fourth-order valence-electron chi connectivity index (χ4n) is 2.64. The van der Waals surface area contributed by atoms with Gasteiger partial charge in [0.05, 0.1) is 12.5 Å². The fraction of sp³-hybridized carbons (Fsp3) is 0.692. The Morgan fingerprint density at radius 1 is 1.50 bits per heavy atom. The maximum atomic E-state index is 12.5. The molecule has 0 spiro atoms.